The van der Waals surface area contributed by atoms with E-state index in [0.717, 1.165) is 27.7 Å². The Balaban J connectivity index is 2.18. The van der Waals surface area contributed by atoms with Crippen LogP contribution in [0.25, 0.3) is 22.2 Å². The van der Waals surface area contributed by atoms with Gasteiger partial charge in [0, 0.05) is 34.8 Å². The van der Waals surface area contributed by atoms with Crippen molar-refractivity contribution < 1.29 is 9.90 Å². The maximum Gasteiger partial charge on any atom is 0.251 e. The van der Waals surface area contributed by atoms with E-state index in [2.05, 4.69) is 29.2 Å². The number of fused-ring (bicyclic) bond motifs is 1. The van der Waals surface area contributed by atoms with Crippen LogP contribution in [0.15, 0.2) is 36.7 Å². The van der Waals surface area contributed by atoms with Gasteiger partial charge in [0.25, 0.3) is 5.91 Å². The van der Waals surface area contributed by atoms with Gasteiger partial charge in [0.1, 0.15) is 0 Å². The van der Waals surface area contributed by atoms with E-state index in [-0.39, 0.29) is 24.6 Å². The predicted molar refractivity (Wildman–Crippen MR) is 102 cm³/mol. The summed E-state index contributed by atoms with van der Waals surface area (Å²) >= 11 is 0. The minimum Gasteiger partial charge on any atom is -0.394 e. The number of hydrogen-bond donors (Lipinski definition) is 2. The van der Waals surface area contributed by atoms with E-state index in [1.807, 2.05) is 48.3 Å². The lowest BCUT2D eigenvalue weighted by molar-refractivity contribution is 0.0922. The zero-order valence-electron chi connectivity index (χ0n) is 15.5. The van der Waals surface area contributed by atoms with Crippen molar-refractivity contribution in [1.82, 2.24) is 20.1 Å². The van der Waals surface area contributed by atoms with Gasteiger partial charge < -0.3 is 10.4 Å². The fourth-order valence-electron chi connectivity index (χ4n) is 2.88. The van der Waals surface area contributed by atoms with Crippen LogP contribution in [0, 0.1) is 6.92 Å². The first-order chi connectivity index (χ1) is 12.4. The molecule has 3 rings (SSSR count). The topological polar surface area (TPSA) is 80.0 Å². The fraction of sp³-hybridized carbons (Fsp3) is 0.350. The summed E-state index contributed by atoms with van der Waals surface area (Å²) in [5.41, 5.74) is 4.16. The Morgan fingerprint density at radius 3 is 2.62 bits per heavy atom. The Kier molecular flexibility index (Phi) is 5.04. The number of aliphatic hydroxyl groups is 1. The molecule has 0 saturated heterocycles. The van der Waals surface area contributed by atoms with Gasteiger partial charge in [0.15, 0.2) is 0 Å². The molecule has 0 spiro atoms. The zero-order chi connectivity index (χ0) is 18.8. The van der Waals surface area contributed by atoms with Gasteiger partial charge in [-0.2, -0.15) is 5.10 Å². The van der Waals surface area contributed by atoms with Crippen LogP contribution in [0.5, 0.6) is 0 Å². The van der Waals surface area contributed by atoms with Gasteiger partial charge in [0.2, 0.25) is 0 Å². The molecule has 6 nitrogen and oxygen atoms in total. The minimum absolute atomic E-state index is 0.107. The standard InChI is InChI=1S/C20H24N4O2/c1-12(2)24-19-8-15(20(26)23-14(4)11-25)7-16(17(19)10-22-24)18-6-5-13(3)9-21-18/h5-10,12,14,25H,11H2,1-4H3,(H,23,26)/t14-/m0/s1. The lowest BCUT2D eigenvalue weighted by Gasteiger charge is -2.14. The van der Waals surface area contributed by atoms with Gasteiger partial charge in [-0.1, -0.05) is 6.07 Å². The van der Waals surface area contributed by atoms with Gasteiger partial charge in [0.05, 0.1) is 24.0 Å². The van der Waals surface area contributed by atoms with E-state index in [0.29, 0.717) is 5.56 Å². The quantitative estimate of drug-likeness (QED) is 0.739. The first-order valence-corrected chi connectivity index (χ1v) is 8.76. The number of nitrogens with one attached hydrogen (secondary N) is 1. The molecule has 0 bridgehead atoms. The molecule has 0 aliphatic heterocycles. The molecule has 26 heavy (non-hydrogen) atoms. The summed E-state index contributed by atoms with van der Waals surface area (Å²) < 4.78 is 1.90. The van der Waals surface area contributed by atoms with Gasteiger partial charge in [-0.3, -0.25) is 14.5 Å². The highest BCUT2D eigenvalue weighted by Gasteiger charge is 2.17. The van der Waals surface area contributed by atoms with Crippen LogP contribution in [-0.4, -0.2) is 38.4 Å². The summed E-state index contributed by atoms with van der Waals surface area (Å²) in [7, 11) is 0. The SMILES string of the molecule is Cc1ccc(-c2cc(C(=O)N[C@@H](C)CO)cc3c2cnn3C(C)C)nc1. The molecule has 2 N–H and O–H groups in total. The lowest BCUT2D eigenvalue weighted by atomic mass is 10.0. The van der Waals surface area contributed by atoms with Crippen molar-refractivity contribution in [3.05, 3.63) is 47.8 Å². The summed E-state index contributed by atoms with van der Waals surface area (Å²) in [6.07, 6.45) is 3.64. The Morgan fingerprint density at radius 1 is 1.23 bits per heavy atom. The second-order valence-electron chi connectivity index (χ2n) is 6.92. The zero-order valence-corrected chi connectivity index (χ0v) is 15.5. The van der Waals surface area contributed by atoms with Gasteiger partial charge >= 0.3 is 0 Å². The molecule has 1 aromatic carbocycles. The molecule has 1 amide bonds. The fourth-order valence-corrected chi connectivity index (χ4v) is 2.88. The minimum atomic E-state index is -0.311. The molecule has 1 atom stereocenters. The van der Waals surface area contributed by atoms with Crippen LogP contribution in [0.3, 0.4) is 0 Å². The van der Waals surface area contributed by atoms with E-state index >= 15 is 0 Å². The highest BCUT2D eigenvalue weighted by molar-refractivity contribution is 6.03. The van der Waals surface area contributed by atoms with Crippen LogP contribution in [-0.2, 0) is 0 Å². The average molecular weight is 352 g/mol. The third-order valence-electron chi connectivity index (χ3n) is 4.31. The van der Waals surface area contributed by atoms with Crippen molar-refractivity contribution in [2.75, 3.05) is 6.61 Å². The molecule has 0 unspecified atom stereocenters. The number of rotatable bonds is 5. The first kappa shape index (κ1) is 18.1. The number of hydrogen-bond acceptors (Lipinski definition) is 4. The predicted octanol–water partition coefficient (Wildman–Crippen LogP) is 3.10. The maximum atomic E-state index is 12.6. The highest BCUT2D eigenvalue weighted by Crippen LogP contribution is 2.30. The Labute approximate surface area is 152 Å². The Hall–Kier alpha value is -2.73. The molecule has 0 aliphatic rings. The number of carbonyl (C=O) groups is 1. The van der Waals surface area contributed by atoms with E-state index < -0.39 is 0 Å². The lowest BCUT2D eigenvalue weighted by Crippen LogP contribution is -2.35. The van der Waals surface area contributed by atoms with Gasteiger partial charge in [-0.15, -0.1) is 0 Å². The van der Waals surface area contributed by atoms with Crippen molar-refractivity contribution >= 4 is 16.8 Å². The summed E-state index contributed by atoms with van der Waals surface area (Å²) in [6.45, 7) is 7.75. The van der Waals surface area contributed by atoms with E-state index in [9.17, 15) is 9.90 Å². The summed E-state index contributed by atoms with van der Waals surface area (Å²) in [6, 6.07) is 7.50. The number of aromatic nitrogens is 3. The summed E-state index contributed by atoms with van der Waals surface area (Å²) in [4.78, 5) is 17.1. The van der Waals surface area contributed by atoms with Crippen LogP contribution in [0.1, 0.15) is 42.7 Å². The van der Waals surface area contributed by atoms with Crippen molar-refractivity contribution in [3.63, 3.8) is 0 Å². The van der Waals surface area contributed by atoms with Crippen molar-refractivity contribution in [2.24, 2.45) is 0 Å². The van der Waals surface area contributed by atoms with Crippen LogP contribution < -0.4 is 5.32 Å². The van der Waals surface area contributed by atoms with Crippen LogP contribution in [0.4, 0.5) is 0 Å². The van der Waals surface area contributed by atoms with E-state index in [1.54, 1.807) is 6.92 Å². The molecule has 136 valence electrons. The monoisotopic (exact) mass is 352 g/mol. The molecular weight excluding hydrogens is 328 g/mol. The highest BCUT2D eigenvalue weighted by atomic mass is 16.3. The second kappa shape index (κ2) is 7.25. The number of nitrogens with zero attached hydrogens (tertiary/aromatic N) is 3. The van der Waals surface area contributed by atoms with Crippen molar-refractivity contribution in [1.29, 1.82) is 0 Å². The average Bonchev–Trinajstić information content (AvgIpc) is 3.05. The number of amides is 1. The molecule has 0 saturated carbocycles. The van der Waals surface area contributed by atoms with Crippen molar-refractivity contribution in [3.8, 4) is 11.3 Å². The van der Waals surface area contributed by atoms with Gasteiger partial charge in [-0.05, 0) is 51.5 Å². The van der Waals surface area contributed by atoms with E-state index in [1.165, 1.54) is 0 Å². The number of pyridine rings is 1. The Morgan fingerprint density at radius 2 is 2.00 bits per heavy atom. The van der Waals surface area contributed by atoms with Gasteiger partial charge in [-0.25, -0.2) is 0 Å². The molecule has 0 radical (unpaired) electrons. The summed E-state index contributed by atoms with van der Waals surface area (Å²) in [5, 5.41) is 17.5. The molecule has 2 aromatic heterocycles. The third-order valence-corrected chi connectivity index (χ3v) is 4.31. The van der Waals surface area contributed by atoms with Crippen LogP contribution in [0.2, 0.25) is 0 Å². The summed E-state index contributed by atoms with van der Waals surface area (Å²) in [5.74, 6) is -0.224. The second-order valence-corrected chi connectivity index (χ2v) is 6.92. The smallest absolute Gasteiger partial charge is 0.251 e. The van der Waals surface area contributed by atoms with Crippen molar-refractivity contribution in [2.45, 2.75) is 39.8 Å². The third kappa shape index (κ3) is 3.46. The number of aryl methyl sites for hydroxylation is 1. The Bertz CT molecular complexity index is 929. The number of aliphatic hydroxyl groups excluding tert-OH is 1. The maximum absolute atomic E-state index is 12.6. The largest absolute Gasteiger partial charge is 0.394 e. The molecule has 3 aromatic rings. The molecule has 2 heterocycles. The van der Waals surface area contributed by atoms with Crippen LogP contribution >= 0.6 is 0 Å². The molecule has 0 aliphatic carbocycles. The molecule has 6 heteroatoms. The number of benzene rings is 1. The van der Waals surface area contributed by atoms with E-state index in [4.69, 9.17) is 0 Å². The first-order valence-electron chi connectivity index (χ1n) is 8.76. The number of carbonyl (C=O) groups excluding carboxylic acids is 1. The normalized spacial score (nSPS) is 12.5. The molecule has 0 fully saturated rings. The molecular formula is C20H24N4O2.